The first-order valence-electron chi connectivity index (χ1n) is 6.38. The van der Waals surface area contributed by atoms with E-state index in [9.17, 15) is 9.59 Å². The minimum absolute atomic E-state index is 0.161. The highest BCUT2D eigenvalue weighted by Gasteiger charge is 2.29. The second kappa shape index (κ2) is 5.36. The zero-order chi connectivity index (χ0) is 15.0. The lowest BCUT2D eigenvalue weighted by Gasteiger charge is -2.08. The standard InChI is InChI=1S/C14H18N2O3S/c1-7(2)19-14(18)11-8(3)5-16-10(6-20-13(11)16)9(4)12(15)17/h5,7H,6H2,1-4H3,(H2,15,17). The lowest BCUT2D eigenvalue weighted by atomic mass is 10.2. The third-order valence-corrected chi connectivity index (χ3v) is 4.23. The van der Waals surface area contributed by atoms with Crippen molar-refractivity contribution in [1.29, 1.82) is 0 Å². The van der Waals surface area contributed by atoms with Crippen LogP contribution in [0.4, 0.5) is 0 Å². The van der Waals surface area contributed by atoms with Crippen molar-refractivity contribution in [2.24, 2.45) is 5.73 Å². The van der Waals surface area contributed by atoms with Gasteiger partial charge >= 0.3 is 5.97 Å². The number of aromatic nitrogens is 1. The van der Waals surface area contributed by atoms with E-state index in [2.05, 4.69) is 0 Å². The van der Waals surface area contributed by atoms with E-state index in [0.717, 1.165) is 16.3 Å². The van der Waals surface area contributed by atoms with Crippen LogP contribution in [0.1, 0.15) is 36.7 Å². The molecule has 0 atom stereocenters. The van der Waals surface area contributed by atoms with Crippen molar-refractivity contribution in [3.63, 3.8) is 0 Å². The summed E-state index contributed by atoms with van der Waals surface area (Å²) in [6.07, 6.45) is 1.69. The number of carbonyl (C=O) groups is 2. The van der Waals surface area contributed by atoms with E-state index in [1.54, 1.807) is 6.92 Å². The molecule has 1 aliphatic heterocycles. The van der Waals surface area contributed by atoms with Gasteiger partial charge in [-0.2, -0.15) is 0 Å². The zero-order valence-electron chi connectivity index (χ0n) is 12.0. The molecule has 2 heterocycles. The van der Waals surface area contributed by atoms with Gasteiger partial charge in [-0.15, -0.1) is 11.8 Å². The first-order valence-corrected chi connectivity index (χ1v) is 7.37. The number of rotatable bonds is 3. The molecule has 0 unspecified atom stereocenters. The van der Waals surface area contributed by atoms with Gasteiger partial charge < -0.3 is 15.0 Å². The van der Waals surface area contributed by atoms with Crippen molar-refractivity contribution in [2.75, 3.05) is 5.75 Å². The molecule has 1 aliphatic rings. The number of thioether (sulfide) groups is 1. The number of primary amides is 1. The molecule has 2 N–H and O–H groups in total. The fraction of sp³-hybridized carbons (Fsp3) is 0.429. The Labute approximate surface area is 122 Å². The molecule has 0 radical (unpaired) electrons. The third-order valence-electron chi connectivity index (χ3n) is 3.14. The lowest BCUT2D eigenvalue weighted by Crippen LogP contribution is -2.15. The molecule has 0 bridgehead atoms. The summed E-state index contributed by atoms with van der Waals surface area (Å²) in [4.78, 5) is 23.5. The summed E-state index contributed by atoms with van der Waals surface area (Å²) in [6, 6.07) is 0. The largest absolute Gasteiger partial charge is 0.459 e. The minimum Gasteiger partial charge on any atom is -0.459 e. The number of esters is 1. The van der Waals surface area contributed by atoms with Crippen LogP contribution in [0.3, 0.4) is 0 Å². The fourth-order valence-electron chi connectivity index (χ4n) is 2.11. The van der Waals surface area contributed by atoms with E-state index in [1.165, 1.54) is 11.8 Å². The van der Waals surface area contributed by atoms with Crippen LogP contribution in [0.15, 0.2) is 16.8 Å². The van der Waals surface area contributed by atoms with Gasteiger partial charge in [0.05, 0.1) is 16.7 Å². The van der Waals surface area contributed by atoms with Gasteiger partial charge in [-0.1, -0.05) is 0 Å². The molecule has 0 fully saturated rings. The summed E-state index contributed by atoms with van der Waals surface area (Å²) in [7, 11) is 0. The third kappa shape index (κ3) is 2.47. The van der Waals surface area contributed by atoms with Gasteiger partial charge in [0.25, 0.3) is 0 Å². The van der Waals surface area contributed by atoms with Crippen LogP contribution >= 0.6 is 11.8 Å². The van der Waals surface area contributed by atoms with E-state index in [-0.39, 0.29) is 12.1 Å². The average Bonchev–Trinajstić information content (AvgIpc) is 2.84. The summed E-state index contributed by atoms with van der Waals surface area (Å²) in [5.74, 6) is -0.130. The zero-order valence-corrected chi connectivity index (χ0v) is 12.8. The molecule has 0 aliphatic carbocycles. The Bertz CT molecular complexity index is 614. The van der Waals surface area contributed by atoms with E-state index in [1.807, 2.05) is 31.5 Å². The van der Waals surface area contributed by atoms with Crippen LogP contribution in [-0.4, -0.2) is 28.3 Å². The summed E-state index contributed by atoms with van der Waals surface area (Å²) >= 11 is 1.52. The number of amides is 1. The normalized spacial score (nSPS) is 16.2. The van der Waals surface area contributed by atoms with Crippen LogP contribution in [0.25, 0.3) is 5.70 Å². The van der Waals surface area contributed by atoms with Crippen molar-refractivity contribution in [1.82, 2.24) is 4.57 Å². The van der Waals surface area contributed by atoms with E-state index >= 15 is 0 Å². The molecule has 1 aromatic rings. The highest BCUT2D eigenvalue weighted by molar-refractivity contribution is 8.00. The minimum atomic E-state index is -0.439. The number of hydrogen-bond acceptors (Lipinski definition) is 4. The molecule has 1 aromatic heterocycles. The van der Waals surface area contributed by atoms with Crippen LogP contribution < -0.4 is 5.73 Å². The number of hydrogen-bond donors (Lipinski definition) is 1. The predicted molar refractivity (Wildman–Crippen MR) is 78.5 cm³/mol. The van der Waals surface area contributed by atoms with Crippen LogP contribution in [0.5, 0.6) is 0 Å². The van der Waals surface area contributed by atoms with Crippen molar-refractivity contribution < 1.29 is 14.3 Å². The topological polar surface area (TPSA) is 74.3 Å². The summed E-state index contributed by atoms with van der Waals surface area (Å²) in [6.45, 7) is 7.20. The number of aryl methyl sites for hydroxylation is 1. The maximum atomic E-state index is 12.2. The molecule has 0 spiro atoms. The molecule has 0 saturated carbocycles. The second-order valence-corrected chi connectivity index (χ2v) is 6.00. The molecular formula is C14H18N2O3S. The maximum Gasteiger partial charge on any atom is 0.341 e. The van der Waals surface area contributed by atoms with Crippen LogP contribution in [-0.2, 0) is 9.53 Å². The molecule has 108 valence electrons. The highest BCUT2D eigenvalue weighted by Crippen LogP contribution is 2.39. The van der Waals surface area contributed by atoms with E-state index < -0.39 is 5.91 Å². The monoisotopic (exact) mass is 294 g/mol. The van der Waals surface area contributed by atoms with Gasteiger partial charge in [0.15, 0.2) is 0 Å². The molecule has 2 rings (SSSR count). The molecule has 20 heavy (non-hydrogen) atoms. The van der Waals surface area contributed by atoms with Crippen molar-refractivity contribution in [3.05, 3.63) is 22.9 Å². The number of nitrogens with two attached hydrogens (primary N) is 1. The Balaban J connectivity index is 2.47. The molecule has 5 nitrogen and oxygen atoms in total. The molecule has 0 aromatic carbocycles. The Hall–Kier alpha value is -1.69. The fourth-order valence-corrected chi connectivity index (χ4v) is 3.43. The van der Waals surface area contributed by atoms with Crippen molar-refractivity contribution in [2.45, 2.75) is 38.8 Å². The summed E-state index contributed by atoms with van der Waals surface area (Å²) in [5, 5.41) is 0.823. The Morgan fingerprint density at radius 2 is 2.10 bits per heavy atom. The van der Waals surface area contributed by atoms with Gasteiger partial charge in [-0.05, 0) is 33.3 Å². The average molecular weight is 294 g/mol. The first kappa shape index (κ1) is 14.7. The van der Waals surface area contributed by atoms with Gasteiger partial charge in [0.1, 0.15) is 0 Å². The van der Waals surface area contributed by atoms with Crippen molar-refractivity contribution in [3.8, 4) is 0 Å². The predicted octanol–water partition coefficient (Wildman–Crippen LogP) is 2.18. The Kier molecular flexibility index (Phi) is 3.94. The number of ether oxygens (including phenoxy) is 1. The maximum absolute atomic E-state index is 12.2. The van der Waals surface area contributed by atoms with Crippen molar-refractivity contribution >= 4 is 29.3 Å². The Morgan fingerprint density at radius 3 is 2.65 bits per heavy atom. The van der Waals surface area contributed by atoms with E-state index in [4.69, 9.17) is 10.5 Å². The van der Waals surface area contributed by atoms with Crippen LogP contribution in [0, 0.1) is 6.92 Å². The van der Waals surface area contributed by atoms with Crippen LogP contribution in [0.2, 0.25) is 0 Å². The van der Waals surface area contributed by atoms with E-state index in [0.29, 0.717) is 16.9 Å². The molecular weight excluding hydrogens is 276 g/mol. The number of fused-ring (bicyclic) bond motifs is 1. The summed E-state index contributed by atoms with van der Waals surface area (Å²) in [5.41, 5.74) is 8.11. The number of carbonyl (C=O) groups excluding carboxylic acids is 2. The highest BCUT2D eigenvalue weighted by atomic mass is 32.2. The van der Waals surface area contributed by atoms with Gasteiger partial charge in [0, 0.05) is 23.2 Å². The van der Waals surface area contributed by atoms with Gasteiger partial charge in [-0.25, -0.2) is 4.79 Å². The smallest absolute Gasteiger partial charge is 0.341 e. The molecule has 1 amide bonds. The molecule has 6 heteroatoms. The first-order chi connectivity index (χ1) is 9.32. The lowest BCUT2D eigenvalue weighted by molar-refractivity contribution is -0.114. The van der Waals surface area contributed by atoms with Gasteiger partial charge in [-0.3, -0.25) is 4.79 Å². The molecule has 0 saturated heterocycles. The quantitative estimate of drug-likeness (QED) is 0.685. The van der Waals surface area contributed by atoms with Gasteiger partial charge in [0.2, 0.25) is 5.91 Å². The second-order valence-electron chi connectivity index (χ2n) is 5.04. The number of nitrogens with zero attached hydrogens (tertiary/aromatic N) is 1. The Morgan fingerprint density at radius 1 is 1.45 bits per heavy atom. The SMILES string of the molecule is CC(C(N)=O)=C1CSc2c(C(=O)OC(C)C)c(C)cn21. The summed E-state index contributed by atoms with van der Waals surface area (Å²) < 4.78 is 7.14.